The number of amides is 1. The van der Waals surface area contributed by atoms with Crippen molar-refractivity contribution >= 4 is 11.7 Å². The lowest BCUT2D eigenvalue weighted by atomic mass is 10.1. The first-order valence-electron chi connectivity index (χ1n) is 8.91. The molecule has 1 amide bonds. The van der Waals surface area contributed by atoms with Crippen molar-refractivity contribution in [3.05, 3.63) is 65.2 Å². The average Bonchev–Trinajstić information content (AvgIpc) is 3.49. The van der Waals surface area contributed by atoms with Crippen LogP contribution in [0.5, 0.6) is 5.75 Å². The van der Waals surface area contributed by atoms with Crippen LogP contribution in [0.4, 0.5) is 17.6 Å². The van der Waals surface area contributed by atoms with Crippen molar-refractivity contribution in [2.24, 2.45) is 11.1 Å². The zero-order valence-electron chi connectivity index (χ0n) is 15.2. The van der Waals surface area contributed by atoms with Crippen molar-refractivity contribution in [3.8, 4) is 5.75 Å². The number of benzene rings is 2. The highest BCUT2D eigenvalue weighted by molar-refractivity contribution is 6.09. The van der Waals surface area contributed by atoms with Gasteiger partial charge in [-0.05, 0) is 36.5 Å². The largest absolute Gasteiger partial charge is 0.434 e. The maximum atomic E-state index is 14.5. The number of halogens is 4. The van der Waals surface area contributed by atoms with E-state index in [1.54, 1.807) is 30.3 Å². The highest BCUT2D eigenvalue weighted by Gasteiger charge is 2.26. The first kappa shape index (κ1) is 23.2. The predicted molar refractivity (Wildman–Crippen MR) is 103 cm³/mol. The van der Waals surface area contributed by atoms with Crippen LogP contribution in [0.1, 0.15) is 31.4 Å². The maximum Gasteiger partial charge on any atom is 0.387 e. The van der Waals surface area contributed by atoms with E-state index in [1.807, 2.05) is 0 Å². The normalized spacial score (nSPS) is 13.6. The first-order valence-corrected chi connectivity index (χ1v) is 8.91. The topological polar surface area (TPSA) is 59.9 Å². The molecule has 30 heavy (non-hydrogen) atoms. The second-order valence-electron chi connectivity index (χ2n) is 6.50. The van der Waals surface area contributed by atoms with Crippen molar-refractivity contribution < 1.29 is 31.9 Å². The van der Waals surface area contributed by atoms with Crippen LogP contribution in [0.25, 0.3) is 0 Å². The van der Waals surface area contributed by atoms with Crippen molar-refractivity contribution in [3.63, 3.8) is 0 Å². The minimum atomic E-state index is -3.28. The van der Waals surface area contributed by atoms with Gasteiger partial charge in [-0.1, -0.05) is 42.9 Å². The standard InChI is InChI=1S/C20H18F4N2O3.CH4/c21-14-8-9-15(29-20(23)24)17(18(14)22)19(26-28-11-13-6-7-13)25-16(27)10-12-4-2-1-3-5-12;/h1-5,8-9,13,20H,6-7,10-11H2,(H,25,26,27);1H4. The van der Waals surface area contributed by atoms with Gasteiger partial charge in [-0.15, -0.1) is 0 Å². The number of ether oxygens (including phenoxy) is 1. The smallest absolute Gasteiger partial charge is 0.387 e. The van der Waals surface area contributed by atoms with E-state index in [9.17, 15) is 22.4 Å². The van der Waals surface area contributed by atoms with Gasteiger partial charge in [0.2, 0.25) is 5.91 Å². The Labute approximate surface area is 171 Å². The molecule has 9 heteroatoms. The molecule has 1 N–H and O–H groups in total. The number of oxime groups is 1. The minimum Gasteiger partial charge on any atom is -0.434 e. The van der Waals surface area contributed by atoms with Gasteiger partial charge in [-0.25, -0.2) is 8.78 Å². The average molecular weight is 426 g/mol. The van der Waals surface area contributed by atoms with Gasteiger partial charge < -0.3 is 14.9 Å². The summed E-state index contributed by atoms with van der Waals surface area (Å²) in [5.41, 5.74) is -0.0884. The Hall–Kier alpha value is -3.10. The molecule has 3 rings (SSSR count). The van der Waals surface area contributed by atoms with Gasteiger partial charge in [0.15, 0.2) is 17.5 Å². The molecule has 1 fully saturated rings. The summed E-state index contributed by atoms with van der Waals surface area (Å²) in [6, 6.07) is 10.1. The van der Waals surface area contributed by atoms with E-state index in [0.29, 0.717) is 11.6 Å². The monoisotopic (exact) mass is 426 g/mol. The fraction of sp³-hybridized carbons (Fsp3) is 0.333. The Morgan fingerprint density at radius 3 is 2.47 bits per heavy atom. The number of carbonyl (C=O) groups is 1. The minimum absolute atomic E-state index is 0. The van der Waals surface area contributed by atoms with E-state index in [-0.39, 0.29) is 26.4 Å². The Bertz CT molecular complexity index is 887. The molecule has 2 aromatic carbocycles. The van der Waals surface area contributed by atoms with E-state index in [4.69, 9.17) is 4.84 Å². The molecule has 0 saturated heterocycles. The maximum absolute atomic E-state index is 14.5. The molecule has 5 nitrogen and oxygen atoms in total. The number of rotatable bonds is 8. The zero-order valence-corrected chi connectivity index (χ0v) is 15.2. The predicted octanol–water partition coefficient (Wildman–Crippen LogP) is 4.65. The number of nitrogens with zero attached hydrogens (tertiary/aromatic N) is 1. The van der Waals surface area contributed by atoms with E-state index in [1.165, 1.54) is 0 Å². The third-order valence-electron chi connectivity index (χ3n) is 4.14. The lowest BCUT2D eigenvalue weighted by Crippen LogP contribution is -2.34. The van der Waals surface area contributed by atoms with E-state index < -0.39 is 41.3 Å². The van der Waals surface area contributed by atoms with Crippen LogP contribution in [0, 0.1) is 17.6 Å². The molecule has 0 unspecified atom stereocenters. The van der Waals surface area contributed by atoms with Gasteiger partial charge in [0, 0.05) is 0 Å². The summed E-state index contributed by atoms with van der Waals surface area (Å²) in [6.45, 7) is -3.08. The third kappa shape index (κ3) is 6.47. The van der Waals surface area contributed by atoms with Crippen molar-refractivity contribution in [2.45, 2.75) is 33.3 Å². The number of amidine groups is 1. The SMILES string of the molecule is C.O=C(Cc1ccccc1)N/C(=N\OCC1CC1)c1c(OC(F)F)ccc(F)c1F. The fourth-order valence-corrected chi connectivity index (χ4v) is 2.53. The summed E-state index contributed by atoms with van der Waals surface area (Å²) in [6.07, 6.45) is 1.79. The number of carbonyl (C=O) groups excluding carboxylic acids is 1. The number of hydrogen-bond acceptors (Lipinski definition) is 4. The van der Waals surface area contributed by atoms with Crippen LogP contribution in [-0.2, 0) is 16.1 Å². The first-order chi connectivity index (χ1) is 13.9. The highest BCUT2D eigenvalue weighted by atomic mass is 19.3. The molecule has 1 aliphatic carbocycles. The van der Waals surface area contributed by atoms with Crippen molar-refractivity contribution in [1.82, 2.24) is 5.32 Å². The summed E-state index contributed by atoms with van der Waals surface area (Å²) in [7, 11) is 0. The quantitative estimate of drug-likeness (QED) is 0.289. The second-order valence-corrected chi connectivity index (χ2v) is 6.50. The molecule has 2 aromatic rings. The van der Waals surface area contributed by atoms with Gasteiger partial charge >= 0.3 is 6.61 Å². The molecule has 162 valence electrons. The Balaban J connectivity index is 0.00000320. The Kier molecular flexibility index (Phi) is 8.20. The van der Waals surface area contributed by atoms with E-state index in [2.05, 4.69) is 15.2 Å². The lowest BCUT2D eigenvalue weighted by molar-refractivity contribution is -0.119. The van der Waals surface area contributed by atoms with Crippen LogP contribution in [-0.4, -0.2) is 25.0 Å². The van der Waals surface area contributed by atoms with Crippen LogP contribution < -0.4 is 10.1 Å². The van der Waals surface area contributed by atoms with Gasteiger partial charge in [-0.3, -0.25) is 4.79 Å². The fourth-order valence-electron chi connectivity index (χ4n) is 2.53. The molecular formula is C21H22F4N2O3. The van der Waals surface area contributed by atoms with Crippen molar-refractivity contribution in [2.75, 3.05) is 6.61 Å². The molecule has 1 aliphatic rings. The molecule has 0 aliphatic heterocycles. The molecule has 0 radical (unpaired) electrons. The van der Waals surface area contributed by atoms with Gasteiger partial charge in [-0.2, -0.15) is 8.78 Å². The molecule has 1 saturated carbocycles. The van der Waals surface area contributed by atoms with Gasteiger partial charge in [0.05, 0.1) is 6.42 Å². The molecular weight excluding hydrogens is 404 g/mol. The van der Waals surface area contributed by atoms with Crippen molar-refractivity contribution in [1.29, 1.82) is 0 Å². The van der Waals surface area contributed by atoms with E-state index in [0.717, 1.165) is 18.9 Å². The van der Waals surface area contributed by atoms with Gasteiger partial charge in [0.25, 0.3) is 0 Å². The lowest BCUT2D eigenvalue weighted by Gasteiger charge is -2.15. The summed E-state index contributed by atoms with van der Waals surface area (Å²) >= 11 is 0. The third-order valence-corrected chi connectivity index (χ3v) is 4.14. The molecule has 0 heterocycles. The summed E-state index contributed by atoms with van der Waals surface area (Å²) < 4.78 is 57.9. The Morgan fingerprint density at radius 2 is 1.83 bits per heavy atom. The van der Waals surface area contributed by atoms with Crippen LogP contribution >= 0.6 is 0 Å². The summed E-state index contributed by atoms with van der Waals surface area (Å²) in [5, 5.41) is 5.99. The van der Waals surface area contributed by atoms with Crippen LogP contribution in [0.2, 0.25) is 0 Å². The van der Waals surface area contributed by atoms with Crippen LogP contribution in [0.3, 0.4) is 0 Å². The molecule has 0 spiro atoms. The summed E-state index contributed by atoms with van der Waals surface area (Å²) in [4.78, 5) is 17.5. The zero-order chi connectivity index (χ0) is 20.8. The Morgan fingerprint density at radius 1 is 1.13 bits per heavy atom. The number of hydrogen-bond donors (Lipinski definition) is 1. The molecule has 0 bridgehead atoms. The second kappa shape index (κ2) is 10.6. The molecule has 0 aromatic heterocycles. The highest BCUT2D eigenvalue weighted by Crippen LogP contribution is 2.29. The van der Waals surface area contributed by atoms with Crippen LogP contribution in [0.15, 0.2) is 47.6 Å². The van der Waals surface area contributed by atoms with E-state index >= 15 is 0 Å². The number of nitrogens with one attached hydrogen (secondary N) is 1. The summed E-state index contributed by atoms with van der Waals surface area (Å²) in [5.74, 6) is -4.34. The van der Waals surface area contributed by atoms with Gasteiger partial charge in [0.1, 0.15) is 17.9 Å². The molecule has 0 atom stereocenters. The number of alkyl halides is 2.